The van der Waals surface area contributed by atoms with Gasteiger partial charge in [-0.3, -0.25) is 4.79 Å². The molecule has 1 aliphatic rings. The first-order valence-corrected chi connectivity index (χ1v) is 4.94. The van der Waals surface area contributed by atoms with E-state index < -0.39 is 5.97 Å². The van der Waals surface area contributed by atoms with Crippen LogP contribution in [0, 0.1) is 11.8 Å². The molecule has 0 radical (unpaired) electrons. The molecule has 2 nitrogen and oxygen atoms in total. The summed E-state index contributed by atoms with van der Waals surface area (Å²) in [4.78, 5) is 10.3. The Morgan fingerprint density at radius 2 is 2.08 bits per heavy atom. The predicted octanol–water partition coefficient (Wildman–Crippen LogP) is 2.68. The van der Waals surface area contributed by atoms with Crippen LogP contribution in [0.5, 0.6) is 0 Å². The Labute approximate surface area is 74.0 Å². The molecule has 0 spiro atoms. The van der Waals surface area contributed by atoms with Crippen molar-refractivity contribution >= 4 is 5.97 Å². The lowest BCUT2D eigenvalue weighted by atomic mass is 9.99. The largest absolute Gasteiger partial charge is 0.481 e. The maximum atomic E-state index is 10.3. The zero-order valence-electron chi connectivity index (χ0n) is 7.75. The van der Waals surface area contributed by atoms with Crippen LogP contribution in [0.3, 0.4) is 0 Å². The molecule has 0 bridgehead atoms. The highest BCUT2D eigenvalue weighted by atomic mass is 16.4. The van der Waals surface area contributed by atoms with Gasteiger partial charge in [-0.25, -0.2) is 0 Å². The second kappa shape index (κ2) is 4.48. The molecule has 1 saturated carbocycles. The van der Waals surface area contributed by atoms with Crippen LogP contribution in [0.4, 0.5) is 0 Å². The highest BCUT2D eigenvalue weighted by molar-refractivity contribution is 5.66. The van der Waals surface area contributed by atoms with E-state index in [2.05, 4.69) is 6.92 Å². The van der Waals surface area contributed by atoms with Gasteiger partial charge in [-0.15, -0.1) is 0 Å². The van der Waals surface area contributed by atoms with Crippen LogP contribution in [-0.4, -0.2) is 11.1 Å². The average Bonchev–Trinajstić information content (AvgIpc) is 2.48. The van der Waals surface area contributed by atoms with Gasteiger partial charge in [0.15, 0.2) is 0 Å². The molecule has 0 amide bonds. The number of hydrogen-bond acceptors (Lipinski definition) is 1. The molecule has 0 aromatic rings. The number of aliphatic carboxylic acids is 1. The molecule has 0 aliphatic heterocycles. The van der Waals surface area contributed by atoms with Crippen molar-refractivity contribution in [1.82, 2.24) is 0 Å². The molecule has 1 rings (SSSR count). The van der Waals surface area contributed by atoms with Crippen LogP contribution in [0.2, 0.25) is 0 Å². The van der Waals surface area contributed by atoms with Gasteiger partial charge in [-0.1, -0.05) is 26.2 Å². The number of carbonyl (C=O) groups is 1. The SMILES string of the molecule is CCC1CCC(CCC(=O)O)C1. The van der Waals surface area contributed by atoms with Gasteiger partial charge in [0.25, 0.3) is 0 Å². The normalized spacial score (nSPS) is 29.1. The molecule has 0 saturated heterocycles. The van der Waals surface area contributed by atoms with Crippen LogP contribution in [0.25, 0.3) is 0 Å². The highest BCUT2D eigenvalue weighted by Crippen LogP contribution is 2.35. The van der Waals surface area contributed by atoms with Crippen molar-refractivity contribution < 1.29 is 9.90 Å². The average molecular weight is 170 g/mol. The van der Waals surface area contributed by atoms with Crippen molar-refractivity contribution in [1.29, 1.82) is 0 Å². The molecule has 0 aromatic carbocycles. The quantitative estimate of drug-likeness (QED) is 0.704. The van der Waals surface area contributed by atoms with E-state index in [1.54, 1.807) is 0 Å². The minimum absolute atomic E-state index is 0.362. The van der Waals surface area contributed by atoms with Gasteiger partial charge in [0, 0.05) is 6.42 Å². The zero-order chi connectivity index (χ0) is 8.97. The molecular weight excluding hydrogens is 152 g/mol. The molecular formula is C10H18O2. The van der Waals surface area contributed by atoms with E-state index >= 15 is 0 Å². The summed E-state index contributed by atoms with van der Waals surface area (Å²) >= 11 is 0. The lowest BCUT2D eigenvalue weighted by Crippen LogP contribution is -2.01. The van der Waals surface area contributed by atoms with Gasteiger partial charge in [-0.05, 0) is 24.7 Å². The van der Waals surface area contributed by atoms with Crippen molar-refractivity contribution in [2.45, 2.75) is 45.4 Å². The van der Waals surface area contributed by atoms with Crippen LogP contribution in [0.1, 0.15) is 45.4 Å². The monoisotopic (exact) mass is 170 g/mol. The van der Waals surface area contributed by atoms with E-state index in [0.29, 0.717) is 12.3 Å². The summed E-state index contributed by atoms with van der Waals surface area (Å²) in [6, 6.07) is 0. The number of carboxylic acid groups (broad SMARTS) is 1. The maximum Gasteiger partial charge on any atom is 0.303 e. The summed E-state index contributed by atoms with van der Waals surface area (Å²) in [5.41, 5.74) is 0. The molecule has 12 heavy (non-hydrogen) atoms. The van der Waals surface area contributed by atoms with Crippen molar-refractivity contribution in [3.05, 3.63) is 0 Å². The summed E-state index contributed by atoms with van der Waals surface area (Å²) in [6.07, 6.45) is 6.37. The van der Waals surface area contributed by atoms with E-state index in [4.69, 9.17) is 5.11 Å². The fraction of sp³-hybridized carbons (Fsp3) is 0.900. The fourth-order valence-corrected chi connectivity index (χ4v) is 2.14. The molecule has 1 aliphatic carbocycles. The third-order valence-electron chi connectivity index (χ3n) is 2.99. The second-order valence-electron chi connectivity index (χ2n) is 3.89. The van der Waals surface area contributed by atoms with E-state index in [-0.39, 0.29) is 0 Å². The van der Waals surface area contributed by atoms with Crippen molar-refractivity contribution in [3.63, 3.8) is 0 Å². The fourth-order valence-electron chi connectivity index (χ4n) is 2.14. The van der Waals surface area contributed by atoms with Gasteiger partial charge in [0.05, 0.1) is 0 Å². The van der Waals surface area contributed by atoms with Gasteiger partial charge in [0.1, 0.15) is 0 Å². The minimum Gasteiger partial charge on any atom is -0.481 e. The van der Waals surface area contributed by atoms with Gasteiger partial charge in [-0.2, -0.15) is 0 Å². The Hall–Kier alpha value is -0.530. The van der Waals surface area contributed by atoms with Crippen LogP contribution in [0.15, 0.2) is 0 Å². The van der Waals surface area contributed by atoms with Crippen LogP contribution in [-0.2, 0) is 4.79 Å². The summed E-state index contributed by atoms with van der Waals surface area (Å²) in [5.74, 6) is 0.935. The highest BCUT2D eigenvalue weighted by Gasteiger charge is 2.23. The standard InChI is InChI=1S/C10H18O2/c1-2-8-3-4-9(7-8)5-6-10(11)12/h8-9H,2-7H2,1H3,(H,11,12). The zero-order valence-corrected chi connectivity index (χ0v) is 7.75. The minimum atomic E-state index is -0.644. The van der Waals surface area contributed by atoms with E-state index in [1.165, 1.54) is 25.7 Å². The Morgan fingerprint density at radius 3 is 2.58 bits per heavy atom. The van der Waals surface area contributed by atoms with Gasteiger partial charge >= 0.3 is 5.97 Å². The third kappa shape index (κ3) is 2.84. The lowest BCUT2D eigenvalue weighted by molar-refractivity contribution is -0.137. The first kappa shape index (κ1) is 9.56. The van der Waals surface area contributed by atoms with Crippen LogP contribution >= 0.6 is 0 Å². The van der Waals surface area contributed by atoms with Crippen molar-refractivity contribution in [2.24, 2.45) is 11.8 Å². The second-order valence-corrected chi connectivity index (χ2v) is 3.89. The molecule has 2 unspecified atom stereocenters. The maximum absolute atomic E-state index is 10.3. The Bertz CT molecular complexity index is 154. The molecule has 0 aromatic heterocycles. The Kier molecular flexibility index (Phi) is 3.57. The molecule has 70 valence electrons. The van der Waals surface area contributed by atoms with Gasteiger partial charge in [0.2, 0.25) is 0 Å². The molecule has 2 atom stereocenters. The Morgan fingerprint density at radius 1 is 1.42 bits per heavy atom. The Balaban J connectivity index is 2.15. The topological polar surface area (TPSA) is 37.3 Å². The first-order valence-electron chi connectivity index (χ1n) is 4.94. The molecule has 0 heterocycles. The first-order chi connectivity index (χ1) is 5.72. The van der Waals surface area contributed by atoms with E-state index in [0.717, 1.165) is 12.3 Å². The number of hydrogen-bond donors (Lipinski definition) is 1. The molecule has 2 heteroatoms. The molecule has 1 fully saturated rings. The van der Waals surface area contributed by atoms with Crippen LogP contribution < -0.4 is 0 Å². The summed E-state index contributed by atoms with van der Waals surface area (Å²) < 4.78 is 0. The predicted molar refractivity (Wildman–Crippen MR) is 48.0 cm³/mol. The number of carboxylic acids is 1. The smallest absolute Gasteiger partial charge is 0.303 e. The lowest BCUT2D eigenvalue weighted by Gasteiger charge is -2.07. The van der Waals surface area contributed by atoms with E-state index in [1.807, 2.05) is 0 Å². The summed E-state index contributed by atoms with van der Waals surface area (Å²) in [5, 5.41) is 8.50. The van der Waals surface area contributed by atoms with E-state index in [9.17, 15) is 4.79 Å². The number of rotatable bonds is 4. The van der Waals surface area contributed by atoms with Gasteiger partial charge < -0.3 is 5.11 Å². The molecule has 1 N–H and O–H groups in total. The summed E-state index contributed by atoms with van der Waals surface area (Å²) in [7, 11) is 0. The summed E-state index contributed by atoms with van der Waals surface area (Å²) in [6.45, 7) is 2.23. The van der Waals surface area contributed by atoms with Crippen molar-refractivity contribution in [3.8, 4) is 0 Å². The third-order valence-corrected chi connectivity index (χ3v) is 2.99. The van der Waals surface area contributed by atoms with Crippen molar-refractivity contribution in [2.75, 3.05) is 0 Å².